The van der Waals surface area contributed by atoms with Crippen LogP contribution >= 0.6 is 0 Å². The zero-order chi connectivity index (χ0) is 19.3. The lowest BCUT2D eigenvalue weighted by atomic mass is 10.1. The summed E-state index contributed by atoms with van der Waals surface area (Å²) in [7, 11) is 1.96. The number of carbonyl (C=O) groups excluding carboxylic acids is 1. The second-order valence-electron chi connectivity index (χ2n) is 6.85. The molecule has 7 heteroatoms. The van der Waals surface area contributed by atoms with Crippen LogP contribution in [0.4, 0.5) is 5.69 Å². The summed E-state index contributed by atoms with van der Waals surface area (Å²) in [5.41, 5.74) is 2.25. The highest BCUT2D eigenvalue weighted by Crippen LogP contribution is 2.31. The van der Waals surface area contributed by atoms with Crippen LogP contribution in [0.3, 0.4) is 0 Å². The van der Waals surface area contributed by atoms with E-state index in [1.54, 1.807) is 6.33 Å². The Kier molecular flexibility index (Phi) is 5.23. The number of nitrogens with one attached hydrogen (secondary N) is 1. The molecule has 0 saturated carbocycles. The zero-order valence-electron chi connectivity index (χ0n) is 15.8. The predicted molar refractivity (Wildman–Crippen MR) is 106 cm³/mol. The molecule has 1 N–H and O–H groups in total. The zero-order valence-corrected chi connectivity index (χ0v) is 15.8. The number of hydrogen-bond donors (Lipinski definition) is 1. The van der Waals surface area contributed by atoms with Crippen LogP contribution < -0.4 is 15.0 Å². The highest BCUT2D eigenvalue weighted by molar-refractivity contribution is 5.83. The molecule has 28 heavy (non-hydrogen) atoms. The normalized spacial score (nSPS) is 15.6. The van der Waals surface area contributed by atoms with Crippen molar-refractivity contribution in [2.45, 2.75) is 25.6 Å². The van der Waals surface area contributed by atoms with E-state index in [-0.39, 0.29) is 5.91 Å². The van der Waals surface area contributed by atoms with Crippen LogP contribution in [0, 0.1) is 0 Å². The Morgan fingerprint density at radius 2 is 1.96 bits per heavy atom. The molecule has 1 atom stereocenters. The molecule has 1 aromatic heterocycles. The first kappa shape index (κ1) is 18.0. The van der Waals surface area contributed by atoms with E-state index in [1.165, 1.54) is 5.56 Å². The Morgan fingerprint density at radius 1 is 1.18 bits per heavy atom. The maximum absolute atomic E-state index is 12.6. The summed E-state index contributed by atoms with van der Waals surface area (Å²) in [4.78, 5) is 14.7. The lowest BCUT2D eigenvalue weighted by Gasteiger charge is -2.32. The molecule has 0 unspecified atom stereocenters. The number of rotatable bonds is 6. The van der Waals surface area contributed by atoms with Gasteiger partial charge in [0.25, 0.3) is 5.91 Å². The Bertz CT molecular complexity index is 941. The molecule has 0 bridgehead atoms. The third-order valence-corrected chi connectivity index (χ3v) is 4.88. The van der Waals surface area contributed by atoms with Gasteiger partial charge in [-0.25, -0.2) is 0 Å². The van der Waals surface area contributed by atoms with Crippen LogP contribution in [0.1, 0.15) is 11.4 Å². The number of nitrogens with zero attached hydrogens (tertiary/aromatic N) is 4. The largest absolute Gasteiger partial charge is 0.477 e. The van der Waals surface area contributed by atoms with Crippen molar-refractivity contribution in [1.29, 1.82) is 0 Å². The SMILES string of the molecule is CN1C[C@H](C(=O)NCc2nncn2CCc2ccccc2)Oc2ccccc21. The van der Waals surface area contributed by atoms with Gasteiger partial charge < -0.3 is 19.5 Å². The van der Waals surface area contributed by atoms with E-state index in [9.17, 15) is 4.79 Å². The Labute approximate surface area is 164 Å². The number of fused-ring (bicyclic) bond motifs is 1. The van der Waals surface area contributed by atoms with Gasteiger partial charge in [0.2, 0.25) is 0 Å². The van der Waals surface area contributed by atoms with Gasteiger partial charge in [-0.3, -0.25) is 4.79 Å². The predicted octanol–water partition coefficient (Wildman–Crippen LogP) is 2.03. The van der Waals surface area contributed by atoms with Gasteiger partial charge in [-0.2, -0.15) is 0 Å². The van der Waals surface area contributed by atoms with Crippen molar-refractivity contribution >= 4 is 11.6 Å². The second-order valence-corrected chi connectivity index (χ2v) is 6.85. The van der Waals surface area contributed by atoms with E-state index in [1.807, 2.05) is 59.0 Å². The van der Waals surface area contributed by atoms with Crippen LogP contribution in [0.5, 0.6) is 5.75 Å². The van der Waals surface area contributed by atoms with Gasteiger partial charge >= 0.3 is 0 Å². The average Bonchev–Trinajstić information content (AvgIpc) is 3.18. The summed E-state index contributed by atoms with van der Waals surface area (Å²) in [6.07, 6.45) is 2.03. The first-order valence-electron chi connectivity index (χ1n) is 9.36. The van der Waals surface area contributed by atoms with Crippen LogP contribution in [-0.2, 0) is 24.3 Å². The molecule has 2 aromatic carbocycles. The van der Waals surface area contributed by atoms with Gasteiger partial charge in [0.15, 0.2) is 11.9 Å². The summed E-state index contributed by atoms with van der Waals surface area (Å²) >= 11 is 0. The van der Waals surface area contributed by atoms with Crippen molar-refractivity contribution in [2.75, 3.05) is 18.5 Å². The number of carbonyl (C=O) groups is 1. The molecule has 0 aliphatic carbocycles. The molecule has 0 fully saturated rings. The number of aryl methyl sites for hydroxylation is 2. The Hall–Kier alpha value is -3.35. The molecule has 0 radical (unpaired) electrons. The number of amides is 1. The highest BCUT2D eigenvalue weighted by atomic mass is 16.5. The van der Waals surface area contributed by atoms with Crippen molar-refractivity contribution in [3.8, 4) is 5.75 Å². The number of ether oxygens (including phenoxy) is 1. The van der Waals surface area contributed by atoms with Crippen molar-refractivity contribution in [1.82, 2.24) is 20.1 Å². The summed E-state index contributed by atoms with van der Waals surface area (Å²) < 4.78 is 7.84. The summed E-state index contributed by atoms with van der Waals surface area (Å²) in [5.74, 6) is 1.30. The number of para-hydroxylation sites is 2. The molecule has 0 saturated heterocycles. The molecule has 1 aliphatic rings. The van der Waals surface area contributed by atoms with Crippen molar-refractivity contribution < 1.29 is 9.53 Å². The molecular weight excluding hydrogens is 354 g/mol. The van der Waals surface area contributed by atoms with Crippen LogP contribution in [-0.4, -0.2) is 40.4 Å². The van der Waals surface area contributed by atoms with E-state index in [2.05, 4.69) is 27.6 Å². The number of aromatic nitrogens is 3. The Morgan fingerprint density at radius 3 is 2.82 bits per heavy atom. The fourth-order valence-corrected chi connectivity index (χ4v) is 3.32. The van der Waals surface area contributed by atoms with Crippen LogP contribution in [0.15, 0.2) is 60.9 Å². The first-order valence-corrected chi connectivity index (χ1v) is 9.36. The quantitative estimate of drug-likeness (QED) is 0.712. The maximum atomic E-state index is 12.6. The molecule has 4 rings (SSSR count). The highest BCUT2D eigenvalue weighted by Gasteiger charge is 2.28. The van der Waals surface area contributed by atoms with Crippen LogP contribution in [0.2, 0.25) is 0 Å². The number of anilines is 1. The van der Waals surface area contributed by atoms with Crippen molar-refractivity contribution in [2.24, 2.45) is 0 Å². The van der Waals surface area contributed by atoms with Crippen molar-refractivity contribution in [3.05, 3.63) is 72.3 Å². The van der Waals surface area contributed by atoms with E-state index < -0.39 is 6.10 Å². The lowest BCUT2D eigenvalue weighted by molar-refractivity contribution is -0.128. The average molecular weight is 377 g/mol. The van der Waals surface area contributed by atoms with Gasteiger partial charge in [-0.05, 0) is 24.1 Å². The van der Waals surface area contributed by atoms with Gasteiger partial charge in [-0.1, -0.05) is 42.5 Å². The van der Waals surface area contributed by atoms with Crippen molar-refractivity contribution in [3.63, 3.8) is 0 Å². The molecule has 0 spiro atoms. The summed E-state index contributed by atoms with van der Waals surface area (Å²) in [5, 5.41) is 11.1. The lowest BCUT2D eigenvalue weighted by Crippen LogP contribution is -2.47. The first-order chi connectivity index (χ1) is 13.7. The molecule has 3 aromatic rings. The second kappa shape index (κ2) is 8.12. The number of benzene rings is 2. The minimum absolute atomic E-state index is 0.154. The molecule has 7 nitrogen and oxygen atoms in total. The van der Waals surface area contributed by atoms with Gasteiger partial charge in [-0.15, -0.1) is 10.2 Å². The maximum Gasteiger partial charge on any atom is 0.263 e. The van der Waals surface area contributed by atoms with Gasteiger partial charge in [0, 0.05) is 13.6 Å². The standard InChI is InChI=1S/C21H23N5O2/c1-25-14-19(28-18-10-6-5-9-17(18)25)21(27)22-13-20-24-23-15-26(20)12-11-16-7-3-2-4-8-16/h2-10,15,19H,11-14H2,1H3,(H,22,27)/t19-/m1/s1. The number of hydrogen-bond acceptors (Lipinski definition) is 5. The minimum atomic E-state index is -0.555. The van der Waals surface area contributed by atoms with E-state index in [4.69, 9.17) is 4.74 Å². The van der Waals surface area contributed by atoms with Crippen LogP contribution in [0.25, 0.3) is 0 Å². The third kappa shape index (κ3) is 3.98. The van der Waals surface area contributed by atoms with Gasteiger partial charge in [0.1, 0.15) is 12.1 Å². The Balaban J connectivity index is 1.34. The smallest absolute Gasteiger partial charge is 0.263 e. The molecule has 1 aliphatic heterocycles. The molecule has 2 heterocycles. The number of likely N-dealkylation sites (N-methyl/N-ethyl adjacent to an activating group) is 1. The summed E-state index contributed by atoms with van der Waals surface area (Å²) in [6.45, 7) is 1.58. The van der Waals surface area contributed by atoms with E-state index in [0.29, 0.717) is 13.1 Å². The van der Waals surface area contributed by atoms with E-state index in [0.717, 1.165) is 30.2 Å². The fourth-order valence-electron chi connectivity index (χ4n) is 3.32. The summed E-state index contributed by atoms with van der Waals surface area (Å²) in [6, 6.07) is 18.0. The van der Waals surface area contributed by atoms with Gasteiger partial charge in [0.05, 0.1) is 18.8 Å². The third-order valence-electron chi connectivity index (χ3n) is 4.88. The monoisotopic (exact) mass is 377 g/mol. The fraction of sp³-hybridized carbons (Fsp3) is 0.286. The van der Waals surface area contributed by atoms with E-state index >= 15 is 0 Å². The molecule has 144 valence electrons. The minimum Gasteiger partial charge on any atom is -0.477 e. The molecule has 1 amide bonds. The molecular formula is C21H23N5O2. The topological polar surface area (TPSA) is 72.3 Å².